The van der Waals surface area contributed by atoms with Gasteiger partial charge in [0.1, 0.15) is 12.3 Å². The number of hydrogen-bond acceptors (Lipinski definition) is 5. The van der Waals surface area contributed by atoms with Crippen LogP contribution in [0.1, 0.15) is 15.9 Å². The SMILES string of the molecule is CO/N=C/c1ccc(-c2ccccc2NC(=O)c2cccnc2Cl)nc1. The van der Waals surface area contributed by atoms with Gasteiger partial charge in [-0.3, -0.25) is 9.78 Å². The predicted molar refractivity (Wildman–Crippen MR) is 101 cm³/mol. The van der Waals surface area contributed by atoms with Gasteiger partial charge in [0.15, 0.2) is 0 Å². The average Bonchev–Trinajstić information content (AvgIpc) is 2.67. The van der Waals surface area contributed by atoms with Crippen LogP contribution >= 0.6 is 11.6 Å². The number of carbonyl (C=O) groups excluding carboxylic acids is 1. The lowest BCUT2D eigenvalue weighted by atomic mass is 10.1. The molecule has 3 aromatic rings. The van der Waals surface area contributed by atoms with Crippen LogP contribution in [0.2, 0.25) is 5.15 Å². The van der Waals surface area contributed by atoms with E-state index in [1.54, 1.807) is 30.6 Å². The van der Waals surface area contributed by atoms with Gasteiger partial charge >= 0.3 is 0 Å². The molecule has 2 heterocycles. The molecule has 0 saturated carbocycles. The Morgan fingerprint density at radius 2 is 2.00 bits per heavy atom. The lowest BCUT2D eigenvalue weighted by Gasteiger charge is -2.11. The Kier molecular flexibility index (Phi) is 5.56. The third-order valence-electron chi connectivity index (χ3n) is 3.55. The number of rotatable bonds is 5. The Morgan fingerprint density at radius 3 is 2.73 bits per heavy atom. The molecule has 1 amide bonds. The summed E-state index contributed by atoms with van der Waals surface area (Å²) < 4.78 is 0. The molecule has 7 heteroatoms. The van der Waals surface area contributed by atoms with Crippen LogP contribution < -0.4 is 5.32 Å². The largest absolute Gasteiger partial charge is 0.399 e. The highest BCUT2D eigenvalue weighted by Crippen LogP contribution is 2.27. The molecule has 0 saturated heterocycles. The second-order valence-electron chi connectivity index (χ2n) is 5.24. The van der Waals surface area contributed by atoms with Gasteiger partial charge in [-0.05, 0) is 30.3 Å². The first-order valence-electron chi connectivity index (χ1n) is 7.73. The van der Waals surface area contributed by atoms with Crippen LogP contribution in [-0.2, 0) is 4.84 Å². The lowest BCUT2D eigenvalue weighted by Crippen LogP contribution is -2.13. The molecule has 0 bridgehead atoms. The van der Waals surface area contributed by atoms with E-state index in [-0.39, 0.29) is 11.1 Å². The molecule has 0 radical (unpaired) electrons. The van der Waals surface area contributed by atoms with Crippen LogP contribution in [0.4, 0.5) is 5.69 Å². The zero-order valence-corrected chi connectivity index (χ0v) is 14.6. The second-order valence-corrected chi connectivity index (χ2v) is 5.59. The molecule has 0 atom stereocenters. The van der Waals surface area contributed by atoms with Gasteiger partial charge in [0.2, 0.25) is 0 Å². The Morgan fingerprint density at radius 1 is 1.15 bits per heavy atom. The summed E-state index contributed by atoms with van der Waals surface area (Å²) in [6.07, 6.45) is 4.77. The Bertz CT molecular complexity index is 942. The first-order chi connectivity index (χ1) is 12.7. The molecule has 3 rings (SSSR count). The Labute approximate surface area is 155 Å². The fourth-order valence-corrected chi connectivity index (χ4v) is 2.52. The van der Waals surface area contributed by atoms with Gasteiger partial charge < -0.3 is 10.2 Å². The fourth-order valence-electron chi connectivity index (χ4n) is 2.32. The van der Waals surface area contributed by atoms with Crippen molar-refractivity contribution in [2.75, 3.05) is 12.4 Å². The van der Waals surface area contributed by atoms with Gasteiger partial charge in [-0.2, -0.15) is 0 Å². The van der Waals surface area contributed by atoms with Gasteiger partial charge in [0.25, 0.3) is 5.91 Å². The monoisotopic (exact) mass is 366 g/mol. The molecule has 0 aliphatic heterocycles. The molecular weight excluding hydrogens is 352 g/mol. The number of para-hydroxylation sites is 1. The summed E-state index contributed by atoms with van der Waals surface area (Å²) in [5, 5.41) is 6.72. The number of anilines is 1. The van der Waals surface area contributed by atoms with E-state index in [0.717, 1.165) is 11.1 Å². The van der Waals surface area contributed by atoms with E-state index in [1.165, 1.54) is 13.3 Å². The number of benzene rings is 1. The minimum absolute atomic E-state index is 0.155. The van der Waals surface area contributed by atoms with Gasteiger partial charge in [-0.1, -0.05) is 35.0 Å². The molecule has 2 aromatic heterocycles. The summed E-state index contributed by atoms with van der Waals surface area (Å²) in [7, 11) is 1.48. The maximum absolute atomic E-state index is 12.5. The smallest absolute Gasteiger partial charge is 0.258 e. The molecule has 0 spiro atoms. The summed E-state index contributed by atoms with van der Waals surface area (Å²) in [5.74, 6) is -0.334. The average molecular weight is 367 g/mol. The topological polar surface area (TPSA) is 76.5 Å². The van der Waals surface area contributed by atoms with Crippen LogP contribution in [0, 0.1) is 0 Å². The van der Waals surface area contributed by atoms with Crippen molar-refractivity contribution in [1.82, 2.24) is 9.97 Å². The number of pyridine rings is 2. The molecule has 0 aliphatic carbocycles. The van der Waals surface area contributed by atoms with Crippen LogP contribution in [0.25, 0.3) is 11.3 Å². The number of nitrogens with zero attached hydrogens (tertiary/aromatic N) is 3. The fraction of sp³-hybridized carbons (Fsp3) is 0.0526. The van der Waals surface area contributed by atoms with Crippen LogP contribution in [0.3, 0.4) is 0 Å². The van der Waals surface area contributed by atoms with Crippen molar-refractivity contribution in [1.29, 1.82) is 0 Å². The molecule has 1 N–H and O–H groups in total. The number of halogens is 1. The predicted octanol–water partition coefficient (Wildman–Crippen LogP) is 4.03. The number of carbonyl (C=O) groups is 1. The summed E-state index contributed by atoms with van der Waals surface area (Å²) in [6.45, 7) is 0. The molecule has 0 aliphatic rings. The summed E-state index contributed by atoms with van der Waals surface area (Å²) >= 11 is 5.99. The maximum Gasteiger partial charge on any atom is 0.258 e. The van der Waals surface area contributed by atoms with E-state index in [1.807, 2.05) is 30.3 Å². The summed E-state index contributed by atoms with van der Waals surface area (Å²) in [4.78, 5) is 25.5. The van der Waals surface area contributed by atoms with Gasteiger partial charge in [-0.15, -0.1) is 0 Å². The quantitative estimate of drug-likeness (QED) is 0.420. The molecular formula is C19H15ClN4O2. The number of hydrogen-bond donors (Lipinski definition) is 1. The highest BCUT2D eigenvalue weighted by Gasteiger charge is 2.13. The van der Waals surface area contributed by atoms with E-state index >= 15 is 0 Å². The van der Waals surface area contributed by atoms with Gasteiger partial charge in [0.05, 0.1) is 23.2 Å². The third-order valence-corrected chi connectivity index (χ3v) is 3.85. The minimum Gasteiger partial charge on any atom is -0.399 e. The summed E-state index contributed by atoms with van der Waals surface area (Å²) in [6, 6.07) is 14.4. The number of amides is 1. The van der Waals surface area contributed by atoms with Crippen molar-refractivity contribution in [3.05, 3.63) is 77.2 Å². The lowest BCUT2D eigenvalue weighted by molar-refractivity contribution is 0.102. The highest BCUT2D eigenvalue weighted by atomic mass is 35.5. The van der Waals surface area contributed by atoms with Crippen LogP contribution in [-0.4, -0.2) is 29.2 Å². The van der Waals surface area contributed by atoms with Crippen molar-refractivity contribution in [2.24, 2.45) is 5.16 Å². The van der Waals surface area contributed by atoms with Gasteiger partial charge in [-0.25, -0.2) is 4.98 Å². The Balaban J connectivity index is 1.88. The molecule has 6 nitrogen and oxygen atoms in total. The van der Waals surface area contributed by atoms with Crippen molar-refractivity contribution >= 4 is 29.4 Å². The van der Waals surface area contributed by atoms with E-state index < -0.39 is 0 Å². The zero-order valence-electron chi connectivity index (χ0n) is 13.9. The molecule has 1 aromatic carbocycles. The van der Waals surface area contributed by atoms with Crippen molar-refractivity contribution in [2.45, 2.75) is 0 Å². The van der Waals surface area contributed by atoms with E-state index in [9.17, 15) is 4.79 Å². The van der Waals surface area contributed by atoms with Crippen molar-refractivity contribution < 1.29 is 9.63 Å². The first kappa shape index (κ1) is 17.6. The van der Waals surface area contributed by atoms with Crippen LogP contribution in [0.15, 0.2) is 66.1 Å². The van der Waals surface area contributed by atoms with Crippen molar-refractivity contribution in [3.63, 3.8) is 0 Å². The summed E-state index contributed by atoms with van der Waals surface area (Å²) in [5.41, 5.74) is 3.24. The van der Waals surface area contributed by atoms with Gasteiger partial charge in [0, 0.05) is 23.5 Å². The van der Waals surface area contributed by atoms with Crippen LogP contribution in [0.5, 0.6) is 0 Å². The molecule has 0 fully saturated rings. The first-order valence-corrected chi connectivity index (χ1v) is 8.10. The van der Waals surface area contributed by atoms with E-state index in [4.69, 9.17) is 11.6 Å². The number of oxime groups is 1. The third kappa shape index (κ3) is 4.04. The number of nitrogens with one attached hydrogen (secondary N) is 1. The Hall–Kier alpha value is -3.25. The maximum atomic E-state index is 12.5. The van der Waals surface area contributed by atoms with E-state index in [2.05, 4.69) is 25.3 Å². The molecule has 26 heavy (non-hydrogen) atoms. The highest BCUT2D eigenvalue weighted by molar-refractivity contribution is 6.33. The number of aromatic nitrogens is 2. The standard InChI is InChI=1S/C19H15ClN4O2/c1-26-23-12-13-8-9-16(22-11-13)14-5-2-3-7-17(14)24-19(25)15-6-4-10-21-18(15)20/h2-12H,1H3,(H,24,25)/b23-12+. The normalized spacial score (nSPS) is 10.7. The van der Waals surface area contributed by atoms with E-state index in [0.29, 0.717) is 16.9 Å². The molecule has 0 unspecified atom stereocenters. The molecule has 130 valence electrons. The minimum atomic E-state index is -0.334. The second kappa shape index (κ2) is 8.22. The zero-order chi connectivity index (χ0) is 18.4. The van der Waals surface area contributed by atoms with Crippen molar-refractivity contribution in [3.8, 4) is 11.3 Å².